The van der Waals surface area contributed by atoms with E-state index in [1.54, 1.807) is 12.1 Å². The van der Waals surface area contributed by atoms with Gasteiger partial charge in [0.2, 0.25) is 0 Å². The first-order valence-electron chi connectivity index (χ1n) is 9.28. The van der Waals surface area contributed by atoms with Crippen LogP contribution in [-0.4, -0.2) is 28.5 Å². The highest BCUT2D eigenvalue weighted by molar-refractivity contribution is 5.49. The highest BCUT2D eigenvalue weighted by Gasteiger charge is 2.26. The second kappa shape index (κ2) is 8.67. The maximum absolute atomic E-state index is 13.6. The van der Waals surface area contributed by atoms with Gasteiger partial charge >= 0.3 is 0 Å². The second-order valence-corrected chi connectivity index (χ2v) is 7.08. The van der Waals surface area contributed by atoms with Gasteiger partial charge in [-0.05, 0) is 74.6 Å². The molecule has 1 saturated carbocycles. The van der Waals surface area contributed by atoms with Gasteiger partial charge in [-0.25, -0.2) is 8.78 Å². The standard InChI is InChI=1S/C21H25F2NO3/c1-13(25)21(26)20(14-6-11-18(22)19(23)12-14)24-15-7-9-17(10-8-15)27-16-4-2-3-5-16/h6-13,16,20-21,24-26H,2-5H2,1H3/t13-,20+,21+/m0/s1. The largest absolute Gasteiger partial charge is 0.490 e. The first-order valence-corrected chi connectivity index (χ1v) is 9.28. The summed E-state index contributed by atoms with van der Waals surface area (Å²) < 4.78 is 32.8. The summed E-state index contributed by atoms with van der Waals surface area (Å²) >= 11 is 0. The Bertz CT molecular complexity index is 746. The van der Waals surface area contributed by atoms with Crippen molar-refractivity contribution in [1.82, 2.24) is 0 Å². The van der Waals surface area contributed by atoms with E-state index in [4.69, 9.17) is 4.74 Å². The van der Waals surface area contributed by atoms with Crippen molar-refractivity contribution in [3.63, 3.8) is 0 Å². The third kappa shape index (κ3) is 4.96. The lowest BCUT2D eigenvalue weighted by molar-refractivity contribution is 0.0189. The van der Waals surface area contributed by atoms with Crippen molar-refractivity contribution >= 4 is 5.69 Å². The van der Waals surface area contributed by atoms with Gasteiger partial charge < -0.3 is 20.3 Å². The Labute approximate surface area is 157 Å². The summed E-state index contributed by atoms with van der Waals surface area (Å²) in [5, 5.41) is 23.2. The van der Waals surface area contributed by atoms with Gasteiger partial charge in [-0.1, -0.05) is 6.07 Å². The Balaban J connectivity index is 1.75. The average molecular weight is 377 g/mol. The molecule has 0 bridgehead atoms. The monoisotopic (exact) mass is 377 g/mol. The van der Waals surface area contributed by atoms with E-state index in [1.165, 1.54) is 25.8 Å². The molecule has 27 heavy (non-hydrogen) atoms. The number of aliphatic hydroxyl groups is 2. The second-order valence-electron chi connectivity index (χ2n) is 7.08. The molecule has 0 radical (unpaired) electrons. The van der Waals surface area contributed by atoms with Gasteiger partial charge in [0, 0.05) is 5.69 Å². The lowest BCUT2D eigenvalue weighted by atomic mass is 9.97. The molecule has 0 aromatic heterocycles. The smallest absolute Gasteiger partial charge is 0.159 e. The molecule has 0 saturated heterocycles. The highest BCUT2D eigenvalue weighted by atomic mass is 19.2. The molecule has 2 aromatic rings. The summed E-state index contributed by atoms with van der Waals surface area (Å²) in [5.41, 5.74) is 1.01. The van der Waals surface area contributed by atoms with E-state index in [2.05, 4.69) is 5.32 Å². The van der Waals surface area contributed by atoms with Gasteiger partial charge in [0.25, 0.3) is 0 Å². The van der Waals surface area contributed by atoms with Crippen molar-refractivity contribution in [3.8, 4) is 5.75 Å². The number of rotatable bonds is 7. The number of benzene rings is 2. The van der Waals surface area contributed by atoms with Gasteiger partial charge in [0.05, 0.1) is 18.2 Å². The summed E-state index contributed by atoms with van der Waals surface area (Å²) in [6, 6.07) is 9.87. The molecule has 1 aliphatic carbocycles. The molecule has 1 fully saturated rings. The van der Waals surface area contributed by atoms with E-state index >= 15 is 0 Å². The number of hydrogen-bond donors (Lipinski definition) is 3. The molecule has 4 nitrogen and oxygen atoms in total. The number of ether oxygens (including phenoxy) is 1. The van der Waals surface area contributed by atoms with Crippen molar-refractivity contribution < 1.29 is 23.7 Å². The zero-order chi connectivity index (χ0) is 19.4. The van der Waals surface area contributed by atoms with Crippen LogP contribution < -0.4 is 10.1 Å². The van der Waals surface area contributed by atoms with Crippen LogP contribution in [0, 0.1) is 11.6 Å². The molecule has 0 spiro atoms. The third-order valence-corrected chi connectivity index (χ3v) is 4.92. The van der Waals surface area contributed by atoms with Gasteiger partial charge in [0.15, 0.2) is 11.6 Å². The number of nitrogens with one attached hydrogen (secondary N) is 1. The Morgan fingerprint density at radius 2 is 1.67 bits per heavy atom. The molecule has 3 atom stereocenters. The quantitative estimate of drug-likeness (QED) is 0.677. The minimum absolute atomic E-state index is 0.260. The molecule has 0 unspecified atom stereocenters. The van der Waals surface area contributed by atoms with E-state index in [0.29, 0.717) is 11.3 Å². The molecule has 0 aliphatic heterocycles. The summed E-state index contributed by atoms with van der Waals surface area (Å²) in [5.74, 6) is -1.19. The van der Waals surface area contributed by atoms with Gasteiger partial charge in [0.1, 0.15) is 11.9 Å². The summed E-state index contributed by atoms with van der Waals surface area (Å²) in [6.45, 7) is 1.44. The Kier molecular flexibility index (Phi) is 6.29. The fourth-order valence-corrected chi connectivity index (χ4v) is 3.36. The van der Waals surface area contributed by atoms with Crippen molar-refractivity contribution in [2.75, 3.05) is 5.32 Å². The van der Waals surface area contributed by atoms with Crippen LogP contribution in [0.3, 0.4) is 0 Å². The molecule has 3 N–H and O–H groups in total. The molecular weight excluding hydrogens is 352 g/mol. The SMILES string of the molecule is C[C@H](O)[C@@H](O)[C@H](Nc1ccc(OC2CCCC2)cc1)c1ccc(F)c(F)c1. The summed E-state index contributed by atoms with van der Waals surface area (Å²) in [7, 11) is 0. The lowest BCUT2D eigenvalue weighted by Gasteiger charge is -2.27. The molecular formula is C21H25F2NO3. The lowest BCUT2D eigenvalue weighted by Crippen LogP contribution is -2.34. The first-order chi connectivity index (χ1) is 12.9. The van der Waals surface area contributed by atoms with E-state index < -0.39 is 29.9 Å². The molecule has 0 heterocycles. The van der Waals surface area contributed by atoms with Gasteiger partial charge in [-0.2, -0.15) is 0 Å². The van der Waals surface area contributed by atoms with Crippen LogP contribution in [0.2, 0.25) is 0 Å². The minimum atomic E-state index is -1.20. The Morgan fingerprint density at radius 3 is 2.26 bits per heavy atom. The summed E-state index contributed by atoms with van der Waals surface area (Å²) in [4.78, 5) is 0. The Morgan fingerprint density at radius 1 is 1.00 bits per heavy atom. The number of halogens is 2. The van der Waals surface area contributed by atoms with Crippen molar-refractivity contribution in [3.05, 3.63) is 59.7 Å². The normalized spacial score (nSPS) is 18.1. The van der Waals surface area contributed by atoms with E-state index in [9.17, 15) is 19.0 Å². The van der Waals surface area contributed by atoms with Crippen molar-refractivity contribution in [2.24, 2.45) is 0 Å². The molecule has 6 heteroatoms. The fraction of sp³-hybridized carbons (Fsp3) is 0.429. The molecule has 3 rings (SSSR count). The first kappa shape index (κ1) is 19.6. The predicted molar refractivity (Wildman–Crippen MR) is 99.7 cm³/mol. The highest BCUT2D eigenvalue weighted by Crippen LogP contribution is 2.28. The maximum Gasteiger partial charge on any atom is 0.159 e. The van der Waals surface area contributed by atoms with E-state index in [-0.39, 0.29) is 6.10 Å². The maximum atomic E-state index is 13.6. The van der Waals surface area contributed by atoms with Crippen LogP contribution in [0.1, 0.15) is 44.2 Å². The number of aliphatic hydroxyl groups excluding tert-OH is 2. The average Bonchev–Trinajstić information content (AvgIpc) is 3.16. The zero-order valence-electron chi connectivity index (χ0n) is 15.2. The Hall–Kier alpha value is -2.18. The minimum Gasteiger partial charge on any atom is -0.490 e. The van der Waals surface area contributed by atoms with Crippen LogP contribution in [0.15, 0.2) is 42.5 Å². The van der Waals surface area contributed by atoms with Crippen molar-refractivity contribution in [2.45, 2.75) is 57.0 Å². The van der Waals surface area contributed by atoms with Crippen LogP contribution in [0.5, 0.6) is 5.75 Å². The topological polar surface area (TPSA) is 61.7 Å². The van der Waals surface area contributed by atoms with E-state index in [0.717, 1.165) is 30.7 Å². The zero-order valence-corrected chi connectivity index (χ0v) is 15.2. The number of hydrogen-bond acceptors (Lipinski definition) is 4. The summed E-state index contributed by atoms with van der Waals surface area (Å²) in [6.07, 6.45) is 2.52. The van der Waals surface area contributed by atoms with Crippen LogP contribution >= 0.6 is 0 Å². The predicted octanol–water partition coefficient (Wildman–Crippen LogP) is 4.18. The van der Waals surface area contributed by atoms with Crippen LogP contribution in [0.25, 0.3) is 0 Å². The van der Waals surface area contributed by atoms with Crippen LogP contribution in [-0.2, 0) is 0 Å². The third-order valence-electron chi connectivity index (χ3n) is 4.92. The van der Waals surface area contributed by atoms with E-state index in [1.807, 2.05) is 12.1 Å². The molecule has 1 aliphatic rings. The van der Waals surface area contributed by atoms with Gasteiger partial charge in [-0.15, -0.1) is 0 Å². The molecule has 2 aromatic carbocycles. The molecule has 0 amide bonds. The molecule has 146 valence electrons. The van der Waals surface area contributed by atoms with Gasteiger partial charge in [-0.3, -0.25) is 0 Å². The van der Waals surface area contributed by atoms with Crippen LogP contribution in [0.4, 0.5) is 14.5 Å². The number of anilines is 1. The fourth-order valence-electron chi connectivity index (χ4n) is 3.36. The van der Waals surface area contributed by atoms with Crippen molar-refractivity contribution in [1.29, 1.82) is 0 Å².